The molecule has 0 atom stereocenters. The van der Waals surface area contributed by atoms with E-state index in [4.69, 9.17) is 16.3 Å². The van der Waals surface area contributed by atoms with Gasteiger partial charge in [0.25, 0.3) is 6.43 Å². The van der Waals surface area contributed by atoms with Crippen molar-refractivity contribution in [2.75, 3.05) is 6.61 Å². The third-order valence-corrected chi connectivity index (χ3v) is 3.42. The summed E-state index contributed by atoms with van der Waals surface area (Å²) in [5, 5.41) is 0.313. The SMILES string of the molecule is CCOc1ccc(-c2[c-]cc(C)c(=O)n2CC(F)F)c(Cl)c1.[Y]. The van der Waals surface area contributed by atoms with Gasteiger partial charge in [0.15, 0.2) is 5.56 Å². The van der Waals surface area contributed by atoms with Gasteiger partial charge in [0.1, 0.15) is 5.75 Å². The number of ether oxygens (including phenoxy) is 1. The second-order valence-corrected chi connectivity index (χ2v) is 5.11. The van der Waals surface area contributed by atoms with Crippen LogP contribution in [0.5, 0.6) is 5.75 Å². The maximum Gasteiger partial charge on any atom is 0.256 e. The Morgan fingerprint density at radius 2 is 2.09 bits per heavy atom. The molecule has 2 rings (SSSR count). The van der Waals surface area contributed by atoms with Crippen LogP contribution in [0.1, 0.15) is 12.5 Å². The number of rotatable bonds is 5. The molecule has 0 fully saturated rings. The van der Waals surface area contributed by atoms with Crippen LogP contribution >= 0.6 is 11.6 Å². The summed E-state index contributed by atoms with van der Waals surface area (Å²) < 4.78 is 31.9. The van der Waals surface area contributed by atoms with Gasteiger partial charge in [0.2, 0.25) is 0 Å². The molecule has 1 aromatic carbocycles. The van der Waals surface area contributed by atoms with E-state index in [2.05, 4.69) is 6.07 Å². The predicted octanol–water partition coefficient (Wildman–Crippen LogP) is 3.94. The molecule has 0 saturated carbocycles. The van der Waals surface area contributed by atoms with Crippen molar-refractivity contribution < 1.29 is 46.2 Å². The minimum absolute atomic E-state index is 0. The number of benzene rings is 1. The van der Waals surface area contributed by atoms with Crippen LogP contribution in [0.4, 0.5) is 8.78 Å². The Labute approximate surface area is 163 Å². The Hall–Kier alpha value is -0.776. The summed E-state index contributed by atoms with van der Waals surface area (Å²) in [4.78, 5) is 12.1. The van der Waals surface area contributed by atoms with Crippen LogP contribution in [0.25, 0.3) is 11.3 Å². The van der Waals surface area contributed by atoms with Crippen LogP contribution < -0.4 is 10.3 Å². The minimum Gasteiger partial charge on any atom is -0.494 e. The van der Waals surface area contributed by atoms with E-state index in [1.165, 1.54) is 6.07 Å². The molecule has 0 aliphatic carbocycles. The van der Waals surface area contributed by atoms with Crippen molar-refractivity contribution in [3.8, 4) is 17.0 Å². The molecule has 23 heavy (non-hydrogen) atoms. The van der Waals surface area contributed by atoms with Gasteiger partial charge in [0, 0.05) is 32.7 Å². The molecule has 2 aromatic rings. The van der Waals surface area contributed by atoms with Gasteiger partial charge in [-0.3, -0.25) is 4.79 Å². The van der Waals surface area contributed by atoms with E-state index >= 15 is 0 Å². The zero-order valence-corrected chi connectivity index (χ0v) is 16.4. The molecule has 0 aliphatic rings. The van der Waals surface area contributed by atoms with E-state index in [0.717, 1.165) is 4.57 Å². The summed E-state index contributed by atoms with van der Waals surface area (Å²) in [5.41, 5.74) is 0.581. The normalized spacial score (nSPS) is 10.5. The van der Waals surface area contributed by atoms with Crippen LogP contribution in [0.2, 0.25) is 5.02 Å². The molecule has 0 bridgehead atoms. The van der Waals surface area contributed by atoms with Crippen molar-refractivity contribution in [2.45, 2.75) is 26.8 Å². The fraction of sp³-hybridized carbons (Fsp3) is 0.312. The van der Waals surface area contributed by atoms with Gasteiger partial charge in [-0.25, -0.2) is 8.78 Å². The van der Waals surface area contributed by atoms with Gasteiger partial charge >= 0.3 is 0 Å². The number of alkyl halides is 2. The molecule has 1 aromatic heterocycles. The first-order valence-electron chi connectivity index (χ1n) is 6.77. The van der Waals surface area contributed by atoms with Crippen molar-refractivity contribution in [3.05, 3.63) is 51.3 Å². The van der Waals surface area contributed by atoms with E-state index in [0.29, 0.717) is 28.5 Å². The van der Waals surface area contributed by atoms with Gasteiger partial charge in [-0.2, -0.15) is 12.1 Å². The first-order chi connectivity index (χ1) is 10.4. The van der Waals surface area contributed by atoms with Crippen molar-refractivity contribution in [3.63, 3.8) is 0 Å². The molecule has 0 amide bonds. The average Bonchev–Trinajstić information content (AvgIpc) is 2.45. The zero-order valence-electron chi connectivity index (χ0n) is 12.8. The van der Waals surface area contributed by atoms with Crippen molar-refractivity contribution >= 4 is 11.6 Å². The number of halogens is 3. The van der Waals surface area contributed by atoms with Crippen LogP contribution in [-0.4, -0.2) is 17.6 Å². The Bertz CT molecular complexity index is 735. The molecule has 0 spiro atoms. The van der Waals surface area contributed by atoms with Crippen LogP contribution in [0, 0.1) is 13.0 Å². The van der Waals surface area contributed by atoms with Crippen molar-refractivity contribution in [1.82, 2.24) is 4.57 Å². The number of hydrogen-bond donors (Lipinski definition) is 0. The Morgan fingerprint density at radius 1 is 1.39 bits per heavy atom. The van der Waals surface area contributed by atoms with E-state index in [1.807, 2.05) is 6.92 Å². The summed E-state index contributed by atoms with van der Waals surface area (Å²) in [7, 11) is 0. The van der Waals surface area contributed by atoms with E-state index in [1.54, 1.807) is 25.1 Å². The molecule has 0 saturated heterocycles. The number of aromatic nitrogens is 1. The van der Waals surface area contributed by atoms with Crippen LogP contribution in [0.15, 0.2) is 29.1 Å². The van der Waals surface area contributed by atoms with E-state index < -0.39 is 18.5 Å². The second-order valence-electron chi connectivity index (χ2n) is 4.70. The molecule has 0 aliphatic heterocycles. The molecule has 0 unspecified atom stereocenters. The summed E-state index contributed by atoms with van der Waals surface area (Å²) in [5.74, 6) is 0.575. The van der Waals surface area contributed by atoms with Gasteiger partial charge in [-0.1, -0.05) is 35.3 Å². The standard InChI is InChI=1S/C16H15ClF2NO2.Y/c1-3-22-11-5-6-12(13(17)8-11)14-7-4-10(2)16(21)20(14)9-15(18)19;/h4-6,8,15H,3,9H2,1-2H3;/q-1;. The van der Waals surface area contributed by atoms with Crippen LogP contribution in [0.3, 0.4) is 0 Å². The molecular weight excluding hydrogens is 401 g/mol. The fourth-order valence-corrected chi connectivity index (χ4v) is 2.37. The predicted molar refractivity (Wildman–Crippen MR) is 81.9 cm³/mol. The molecule has 121 valence electrons. The topological polar surface area (TPSA) is 31.2 Å². The molecule has 1 radical (unpaired) electrons. The van der Waals surface area contributed by atoms with E-state index in [9.17, 15) is 13.6 Å². The average molecular weight is 416 g/mol. The van der Waals surface area contributed by atoms with Gasteiger partial charge in [-0.15, -0.1) is 6.07 Å². The largest absolute Gasteiger partial charge is 0.494 e. The number of hydrogen-bond acceptors (Lipinski definition) is 2. The first-order valence-corrected chi connectivity index (χ1v) is 7.14. The summed E-state index contributed by atoms with van der Waals surface area (Å²) in [6.45, 7) is 3.19. The quantitative estimate of drug-likeness (QED) is 0.693. The number of pyridine rings is 1. The first kappa shape index (κ1) is 20.3. The summed E-state index contributed by atoms with van der Waals surface area (Å²) in [6.07, 6.45) is -2.65. The summed E-state index contributed by atoms with van der Waals surface area (Å²) >= 11 is 6.20. The smallest absolute Gasteiger partial charge is 0.256 e. The molecule has 7 heteroatoms. The fourth-order valence-electron chi connectivity index (χ4n) is 2.11. The van der Waals surface area contributed by atoms with Gasteiger partial charge < -0.3 is 9.30 Å². The maximum atomic E-state index is 12.8. The Kier molecular flexibility index (Phi) is 7.85. The Balaban J connectivity index is 0.00000264. The number of aryl methyl sites for hydroxylation is 1. The third kappa shape index (κ3) is 4.85. The second kappa shape index (κ2) is 8.90. The van der Waals surface area contributed by atoms with Crippen molar-refractivity contribution in [1.29, 1.82) is 0 Å². The zero-order chi connectivity index (χ0) is 16.3. The molecule has 3 nitrogen and oxygen atoms in total. The van der Waals surface area contributed by atoms with Gasteiger partial charge in [0.05, 0.1) is 13.2 Å². The van der Waals surface area contributed by atoms with Crippen LogP contribution in [-0.2, 0) is 39.3 Å². The summed E-state index contributed by atoms with van der Waals surface area (Å²) in [6, 6.07) is 9.24. The maximum absolute atomic E-state index is 12.8. The number of nitrogens with zero attached hydrogens (tertiary/aromatic N) is 1. The van der Waals surface area contributed by atoms with Crippen molar-refractivity contribution in [2.24, 2.45) is 0 Å². The monoisotopic (exact) mass is 415 g/mol. The van der Waals surface area contributed by atoms with Gasteiger partial charge in [-0.05, 0) is 24.1 Å². The molecule has 0 N–H and O–H groups in total. The molecular formula is C16H15ClF2NO2Y-. The molecule has 1 heterocycles. The van der Waals surface area contributed by atoms with E-state index in [-0.39, 0.29) is 38.4 Å². The minimum atomic E-state index is -2.65. The third-order valence-electron chi connectivity index (χ3n) is 3.11. The Morgan fingerprint density at radius 3 is 2.65 bits per heavy atom.